The summed E-state index contributed by atoms with van der Waals surface area (Å²) in [6, 6.07) is 13.9. The number of fused-ring (bicyclic) bond motifs is 1. The van der Waals surface area contributed by atoms with E-state index in [1.807, 2.05) is 37.3 Å². The fourth-order valence-electron chi connectivity index (χ4n) is 3.47. The van der Waals surface area contributed by atoms with Gasteiger partial charge in [-0.05, 0) is 36.8 Å². The molecule has 1 amide bonds. The maximum absolute atomic E-state index is 13.5. The molecular formula is C21H20N4O3. The lowest BCUT2D eigenvalue weighted by Gasteiger charge is -2.25. The normalized spacial score (nSPS) is 16.3. The highest BCUT2D eigenvalue weighted by Gasteiger charge is 2.31. The number of amides is 1. The SMILES string of the molecule is Cc1ccc2c(c1)CNC(C(=O)O)CN2C(=O)c1ccccc1-n1cccn1. The van der Waals surface area contributed by atoms with Crippen LogP contribution in [0.4, 0.5) is 5.69 Å². The van der Waals surface area contributed by atoms with E-state index < -0.39 is 12.0 Å². The number of rotatable bonds is 3. The molecule has 1 atom stereocenters. The number of aromatic nitrogens is 2. The van der Waals surface area contributed by atoms with Gasteiger partial charge in [-0.25, -0.2) is 4.68 Å². The molecule has 0 radical (unpaired) electrons. The lowest BCUT2D eigenvalue weighted by Crippen LogP contribution is -2.46. The highest BCUT2D eigenvalue weighted by atomic mass is 16.4. The molecule has 3 aromatic rings. The van der Waals surface area contributed by atoms with E-state index in [-0.39, 0.29) is 12.5 Å². The molecule has 0 saturated carbocycles. The van der Waals surface area contributed by atoms with E-state index in [4.69, 9.17) is 0 Å². The van der Waals surface area contributed by atoms with Crippen molar-refractivity contribution in [2.45, 2.75) is 19.5 Å². The fourth-order valence-corrected chi connectivity index (χ4v) is 3.47. The first-order valence-electron chi connectivity index (χ1n) is 9.01. The minimum absolute atomic E-state index is 0.0394. The van der Waals surface area contributed by atoms with Crippen molar-refractivity contribution in [3.63, 3.8) is 0 Å². The van der Waals surface area contributed by atoms with Crippen LogP contribution < -0.4 is 10.2 Å². The van der Waals surface area contributed by atoms with Gasteiger partial charge in [-0.1, -0.05) is 29.8 Å². The van der Waals surface area contributed by atoms with Crippen molar-refractivity contribution >= 4 is 17.6 Å². The number of anilines is 1. The summed E-state index contributed by atoms with van der Waals surface area (Å²) >= 11 is 0. The number of aliphatic carboxylic acids is 1. The topological polar surface area (TPSA) is 87.5 Å². The van der Waals surface area contributed by atoms with Crippen LogP contribution in [0.1, 0.15) is 21.5 Å². The first kappa shape index (κ1) is 17.9. The predicted molar refractivity (Wildman–Crippen MR) is 105 cm³/mol. The number of nitrogens with one attached hydrogen (secondary N) is 1. The van der Waals surface area contributed by atoms with Crippen LogP contribution in [0.25, 0.3) is 5.69 Å². The second kappa shape index (κ2) is 7.28. The van der Waals surface area contributed by atoms with Gasteiger partial charge in [0.2, 0.25) is 0 Å². The molecule has 0 saturated heterocycles. The van der Waals surface area contributed by atoms with Gasteiger partial charge in [-0.3, -0.25) is 14.9 Å². The van der Waals surface area contributed by atoms with E-state index >= 15 is 0 Å². The third kappa shape index (κ3) is 3.27. The van der Waals surface area contributed by atoms with Gasteiger partial charge in [0.25, 0.3) is 5.91 Å². The quantitative estimate of drug-likeness (QED) is 0.733. The zero-order valence-corrected chi connectivity index (χ0v) is 15.4. The van der Waals surface area contributed by atoms with Crippen molar-refractivity contribution in [2.75, 3.05) is 11.4 Å². The average molecular weight is 376 g/mol. The standard InChI is InChI=1S/C21H20N4O3/c1-14-7-8-18-15(11-14)12-22-17(21(27)28)13-24(18)20(26)16-5-2-3-6-19(16)25-10-4-9-23-25/h2-11,17,22H,12-13H2,1H3,(H,27,28). The number of para-hydroxylation sites is 1. The van der Waals surface area contributed by atoms with Crippen molar-refractivity contribution in [1.29, 1.82) is 0 Å². The molecular weight excluding hydrogens is 356 g/mol. The molecule has 1 unspecified atom stereocenters. The Balaban J connectivity index is 1.81. The summed E-state index contributed by atoms with van der Waals surface area (Å²) in [6.45, 7) is 2.40. The molecule has 4 rings (SSSR count). The summed E-state index contributed by atoms with van der Waals surface area (Å²) in [4.78, 5) is 26.8. The maximum atomic E-state index is 13.5. The molecule has 142 valence electrons. The Labute approximate surface area is 162 Å². The van der Waals surface area contributed by atoms with Crippen LogP contribution in [-0.4, -0.2) is 39.4 Å². The van der Waals surface area contributed by atoms with Crippen LogP contribution in [0.2, 0.25) is 0 Å². The second-order valence-electron chi connectivity index (χ2n) is 6.79. The van der Waals surface area contributed by atoms with Gasteiger partial charge in [0.15, 0.2) is 0 Å². The Morgan fingerprint density at radius 1 is 1.14 bits per heavy atom. The van der Waals surface area contributed by atoms with Crippen molar-refractivity contribution in [3.05, 3.63) is 77.6 Å². The van der Waals surface area contributed by atoms with Crippen LogP contribution >= 0.6 is 0 Å². The van der Waals surface area contributed by atoms with Crippen LogP contribution in [-0.2, 0) is 11.3 Å². The number of nitrogens with zero attached hydrogens (tertiary/aromatic N) is 3. The zero-order chi connectivity index (χ0) is 19.7. The van der Waals surface area contributed by atoms with Gasteiger partial charge in [-0.2, -0.15) is 5.10 Å². The molecule has 1 aliphatic heterocycles. The van der Waals surface area contributed by atoms with Crippen molar-refractivity contribution in [3.8, 4) is 5.69 Å². The largest absolute Gasteiger partial charge is 0.480 e. The average Bonchev–Trinajstić information content (AvgIpc) is 3.16. The van der Waals surface area contributed by atoms with E-state index in [0.29, 0.717) is 17.8 Å². The van der Waals surface area contributed by atoms with Crippen LogP contribution in [0, 0.1) is 6.92 Å². The molecule has 2 aromatic carbocycles. The summed E-state index contributed by atoms with van der Waals surface area (Å²) in [5.41, 5.74) is 3.79. The van der Waals surface area contributed by atoms with E-state index in [9.17, 15) is 14.7 Å². The lowest BCUT2D eigenvalue weighted by molar-refractivity contribution is -0.139. The van der Waals surface area contributed by atoms with Crippen LogP contribution in [0.5, 0.6) is 0 Å². The Morgan fingerprint density at radius 2 is 1.96 bits per heavy atom. The molecule has 1 aliphatic rings. The Hall–Kier alpha value is -3.45. The van der Waals surface area contributed by atoms with Crippen LogP contribution in [0.15, 0.2) is 60.9 Å². The van der Waals surface area contributed by atoms with Gasteiger partial charge in [0, 0.05) is 24.6 Å². The molecule has 2 N–H and O–H groups in total. The number of aryl methyl sites for hydroxylation is 1. The molecule has 0 aliphatic carbocycles. The monoisotopic (exact) mass is 376 g/mol. The maximum Gasteiger partial charge on any atom is 0.322 e. The van der Waals surface area contributed by atoms with E-state index in [0.717, 1.165) is 16.8 Å². The van der Waals surface area contributed by atoms with E-state index in [1.54, 1.807) is 40.2 Å². The number of benzene rings is 2. The first-order chi connectivity index (χ1) is 13.5. The van der Waals surface area contributed by atoms with Crippen molar-refractivity contribution in [1.82, 2.24) is 15.1 Å². The molecule has 1 aromatic heterocycles. The summed E-state index contributed by atoms with van der Waals surface area (Å²) in [7, 11) is 0. The van der Waals surface area contributed by atoms with Crippen molar-refractivity contribution < 1.29 is 14.7 Å². The van der Waals surface area contributed by atoms with Gasteiger partial charge in [0.05, 0.1) is 17.8 Å². The third-order valence-corrected chi connectivity index (χ3v) is 4.86. The molecule has 7 nitrogen and oxygen atoms in total. The number of carbonyl (C=O) groups is 2. The second-order valence-corrected chi connectivity index (χ2v) is 6.79. The number of carboxylic acid groups (broad SMARTS) is 1. The fraction of sp³-hybridized carbons (Fsp3) is 0.190. The Kier molecular flexibility index (Phi) is 4.67. The Morgan fingerprint density at radius 3 is 2.71 bits per heavy atom. The smallest absolute Gasteiger partial charge is 0.322 e. The molecule has 0 bridgehead atoms. The summed E-state index contributed by atoms with van der Waals surface area (Å²) in [6.07, 6.45) is 3.42. The highest BCUT2D eigenvalue weighted by molar-refractivity contribution is 6.09. The molecule has 7 heteroatoms. The molecule has 28 heavy (non-hydrogen) atoms. The summed E-state index contributed by atoms with van der Waals surface area (Å²) in [5.74, 6) is -1.24. The predicted octanol–water partition coefficient (Wildman–Crippen LogP) is 2.38. The van der Waals surface area contributed by atoms with Gasteiger partial charge >= 0.3 is 5.97 Å². The number of hydrogen-bond donors (Lipinski definition) is 2. The highest BCUT2D eigenvalue weighted by Crippen LogP contribution is 2.28. The van der Waals surface area contributed by atoms with Crippen molar-refractivity contribution in [2.24, 2.45) is 0 Å². The first-order valence-corrected chi connectivity index (χ1v) is 9.01. The van der Waals surface area contributed by atoms with Gasteiger partial charge in [-0.15, -0.1) is 0 Å². The van der Waals surface area contributed by atoms with E-state index in [2.05, 4.69) is 10.4 Å². The zero-order valence-electron chi connectivity index (χ0n) is 15.4. The molecule has 0 fully saturated rings. The number of carboxylic acids is 1. The lowest BCUT2D eigenvalue weighted by atomic mass is 10.1. The van der Waals surface area contributed by atoms with Gasteiger partial charge < -0.3 is 10.0 Å². The summed E-state index contributed by atoms with van der Waals surface area (Å²) < 4.78 is 1.63. The minimum atomic E-state index is -0.984. The number of hydrogen-bond acceptors (Lipinski definition) is 4. The minimum Gasteiger partial charge on any atom is -0.480 e. The Bertz CT molecular complexity index is 1030. The van der Waals surface area contributed by atoms with Crippen LogP contribution in [0.3, 0.4) is 0 Å². The number of carbonyl (C=O) groups excluding carboxylic acids is 1. The molecule has 2 heterocycles. The van der Waals surface area contributed by atoms with E-state index in [1.165, 1.54) is 0 Å². The molecule has 0 spiro atoms. The summed E-state index contributed by atoms with van der Waals surface area (Å²) in [5, 5.41) is 16.8. The van der Waals surface area contributed by atoms with Gasteiger partial charge in [0.1, 0.15) is 6.04 Å². The third-order valence-electron chi connectivity index (χ3n) is 4.86.